The number of likely N-dealkylation sites (N-methyl/N-ethyl adjacent to an activating group) is 1. The smallest absolute Gasteiger partial charge is 0.295 e. The summed E-state index contributed by atoms with van der Waals surface area (Å²) < 4.78 is 27.7. The van der Waals surface area contributed by atoms with Crippen LogP contribution < -0.4 is 20.0 Å². The van der Waals surface area contributed by atoms with E-state index in [2.05, 4.69) is 10.7 Å². The molecule has 0 atom stereocenters. The second-order valence-corrected chi connectivity index (χ2v) is 8.79. The molecule has 0 aromatic heterocycles. The van der Waals surface area contributed by atoms with E-state index >= 15 is 0 Å². The number of amides is 2. The highest BCUT2D eigenvalue weighted by molar-refractivity contribution is 7.92. The molecule has 178 valence electrons. The maximum atomic E-state index is 13.4. The number of anilines is 1. The van der Waals surface area contributed by atoms with Gasteiger partial charge in [-0.25, -0.2) is 5.43 Å². The van der Waals surface area contributed by atoms with E-state index in [0.717, 1.165) is 4.47 Å². The van der Waals surface area contributed by atoms with E-state index in [0.29, 0.717) is 18.0 Å². The molecule has 0 heterocycles. The SMILES string of the molecule is CCN(NC)C(=O)CNC(=O)c1ccc(S(=O)(=O)N(Oc2ccccc2)c2ccccc2)cc1. The van der Waals surface area contributed by atoms with Crippen LogP contribution in [0.4, 0.5) is 5.69 Å². The van der Waals surface area contributed by atoms with E-state index in [1.807, 2.05) is 0 Å². The maximum Gasteiger partial charge on any atom is 0.295 e. The molecular formula is C24H26N4O5S. The molecule has 3 aromatic rings. The van der Waals surface area contributed by atoms with Gasteiger partial charge in [-0.1, -0.05) is 40.9 Å². The van der Waals surface area contributed by atoms with Crippen molar-refractivity contribution in [3.63, 3.8) is 0 Å². The Bertz CT molecular complexity index is 1200. The van der Waals surface area contributed by atoms with Crippen LogP contribution in [0.5, 0.6) is 5.75 Å². The molecule has 0 bridgehead atoms. The van der Waals surface area contributed by atoms with Crippen LogP contribution in [0.2, 0.25) is 0 Å². The van der Waals surface area contributed by atoms with Crippen molar-refractivity contribution in [3.8, 4) is 5.75 Å². The summed E-state index contributed by atoms with van der Waals surface area (Å²) in [6.07, 6.45) is 0. The molecule has 0 aliphatic heterocycles. The first-order valence-corrected chi connectivity index (χ1v) is 12.0. The van der Waals surface area contributed by atoms with E-state index in [1.165, 1.54) is 29.3 Å². The molecule has 0 fully saturated rings. The molecule has 0 saturated carbocycles. The molecule has 34 heavy (non-hydrogen) atoms. The Morgan fingerprint density at radius 3 is 2.03 bits per heavy atom. The molecule has 2 amide bonds. The third-order valence-corrected chi connectivity index (χ3v) is 6.41. The van der Waals surface area contributed by atoms with Gasteiger partial charge in [0.05, 0.1) is 17.1 Å². The van der Waals surface area contributed by atoms with Crippen LogP contribution in [0.1, 0.15) is 17.3 Å². The first kappa shape index (κ1) is 24.7. The van der Waals surface area contributed by atoms with Crippen LogP contribution in [-0.2, 0) is 14.8 Å². The van der Waals surface area contributed by atoms with Crippen molar-refractivity contribution in [3.05, 3.63) is 90.5 Å². The fourth-order valence-electron chi connectivity index (χ4n) is 3.05. The number of carbonyl (C=O) groups excluding carboxylic acids is 2. The average molecular weight is 483 g/mol. The summed E-state index contributed by atoms with van der Waals surface area (Å²) in [5.74, 6) is -0.447. The highest BCUT2D eigenvalue weighted by Crippen LogP contribution is 2.26. The van der Waals surface area contributed by atoms with Gasteiger partial charge in [-0.15, -0.1) is 0 Å². The van der Waals surface area contributed by atoms with Crippen LogP contribution in [-0.4, -0.2) is 45.4 Å². The minimum Gasteiger partial charge on any atom is -0.364 e. The van der Waals surface area contributed by atoms with Gasteiger partial charge in [0.1, 0.15) is 0 Å². The molecule has 0 unspecified atom stereocenters. The number of hydrazine groups is 1. The highest BCUT2D eigenvalue weighted by Gasteiger charge is 2.28. The number of para-hydroxylation sites is 2. The van der Waals surface area contributed by atoms with Crippen molar-refractivity contribution in [2.45, 2.75) is 11.8 Å². The van der Waals surface area contributed by atoms with Crippen molar-refractivity contribution >= 4 is 27.5 Å². The summed E-state index contributed by atoms with van der Waals surface area (Å²) in [6.45, 7) is 2.05. The fourth-order valence-corrected chi connectivity index (χ4v) is 4.31. The molecule has 3 aromatic carbocycles. The Morgan fingerprint density at radius 1 is 0.882 bits per heavy atom. The van der Waals surface area contributed by atoms with Crippen molar-refractivity contribution in [1.82, 2.24) is 15.8 Å². The largest absolute Gasteiger partial charge is 0.364 e. The van der Waals surface area contributed by atoms with Crippen molar-refractivity contribution in [2.24, 2.45) is 0 Å². The standard InChI is InChI=1S/C24H26N4O5S/c1-3-27(25-2)23(29)18-26-24(30)19-14-16-22(17-15-19)34(31,32)28(20-10-6-4-7-11-20)33-21-12-8-5-9-13-21/h4-17,25H,3,18H2,1-2H3,(H,26,30). The predicted octanol–water partition coefficient (Wildman–Crippen LogP) is 2.59. The Morgan fingerprint density at radius 2 is 1.47 bits per heavy atom. The zero-order chi connectivity index (χ0) is 24.6. The number of benzene rings is 3. The Kier molecular flexibility index (Phi) is 8.23. The van der Waals surface area contributed by atoms with Gasteiger partial charge in [-0.3, -0.25) is 14.6 Å². The average Bonchev–Trinajstić information content (AvgIpc) is 2.87. The lowest BCUT2D eigenvalue weighted by Crippen LogP contribution is -2.45. The van der Waals surface area contributed by atoms with E-state index in [9.17, 15) is 18.0 Å². The van der Waals surface area contributed by atoms with Crippen LogP contribution in [0, 0.1) is 0 Å². The van der Waals surface area contributed by atoms with E-state index < -0.39 is 15.9 Å². The first-order chi connectivity index (χ1) is 16.4. The third kappa shape index (κ3) is 5.91. The maximum absolute atomic E-state index is 13.4. The molecule has 2 N–H and O–H groups in total. The lowest BCUT2D eigenvalue weighted by atomic mass is 10.2. The van der Waals surface area contributed by atoms with Gasteiger partial charge >= 0.3 is 0 Å². The molecular weight excluding hydrogens is 456 g/mol. The molecule has 0 aliphatic carbocycles. The number of sulfonamides is 1. The fraction of sp³-hybridized carbons (Fsp3) is 0.167. The normalized spacial score (nSPS) is 10.9. The number of carbonyl (C=O) groups is 2. The van der Waals surface area contributed by atoms with Gasteiger partial charge < -0.3 is 10.2 Å². The van der Waals surface area contributed by atoms with Gasteiger partial charge in [-0.05, 0) is 55.5 Å². The summed E-state index contributed by atoms with van der Waals surface area (Å²) in [6, 6.07) is 22.4. The predicted molar refractivity (Wildman–Crippen MR) is 128 cm³/mol. The number of rotatable bonds is 10. The summed E-state index contributed by atoms with van der Waals surface area (Å²) in [7, 11) is -2.51. The first-order valence-electron chi connectivity index (χ1n) is 10.6. The highest BCUT2D eigenvalue weighted by atomic mass is 32.2. The van der Waals surface area contributed by atoms with Crippen LogP contribution in [0.3, 0.4) is 0 Å². The van der Waals surface area contributed by atoms with E-state index in [4.69, 9.17) is 4.84 Å². The Labute approximate surface area is 198 Å². The van der Waals surface area contributed by atoms with Crippen molar-refractivity contribution < 1.29 is 22.8 Å². The molecule has 0 spiro atoms. The summed E-state index contributed by atoms with van der Waals surface area (Å²) in [4.78, 5) is 30.1. The minimum absolute atomic E-state index is 0.0627. The van der Waals surface area contributed by atoms with Crippen molar-refractivity contribution in [2.75, 3.05) is 24.6 Å². The van der Waals surface area contributed by atoms with Gasteiger partial charge in [0.15, 0.2) is 5.75 Å². The molecule has 0 radical (unpaired) electrons. The van der Waals surface area contributed by atoms with Gasteiger partial charge in [0, 0.05) is 19.2 Å². The van der Waals surface area contributed by atoms with Crippen molar-refractivity contribution in [1.29, 1.82) is 0 Å². The quantitative estimate of drug-likeness (QED) is 0.430. The minimum atomic E-state index is -4.13. The van der Waals surface area contributed by atoms with Gasteiger partial charge in [0.2, 0.25) is 0 Å². The summed E-state index contributed by atoms with van der Waals surface area (Å²) >= 11 is 0. The lowest BCUT2D eigenvalue weighted by molar-refractivity contribution is -0.132. The molecule has 3 rings (SSSR count). The molecule has 0 aliphatic rings. The summed E-state index contributed by atoms with van der Waals surface area (Å²) in [5, 5.41) is 3.89. The Hall–Kier alpha value is -3.89. The number of nitrogens with one attached hydrogen (secondary N) is 2. The second kappa shape index (κ2) is 11.3. The van der Waals surface area contributed by atoms with Crippen LogP contribution in [0.15, 0.2) is 89.8 Å². The monoisotopic (exact) mass is 482 g/mol. The molecule has 9 nitrogen and oxygen atoms in total. The Balaban J connectivity index is 1.80. The topological polar surface area (TPSA) is 108 Å². The number of nitrogens with zero attached hydrogens (tertiary/aromatic N) is 2. The molecule has 10 heteroatoms. The molecule has 0 saturated heterocycles. The zero-order valence-corrected chi connectivity index (χ0v) is 19.7. The lowest BCUT2D eigenvalue weighted by Gasteiger charge is -2.24. The van der Waals surface area contributed by atoms with Crippen LogP contribution in [0.25, 0.3) is 0 Å². The third-order valence-electron chi connectivity index (χ3n) is 4.82. The van der Waals surface area contributed by atoms with E-state index in [-0.39, 0.29) is 22.9 Å². The van der Waals surface area contributed by atoms with Gasteiger partial charge in [0.25, 0.3) is 21.8 Å². The summed E-state index contributed by atoms with van der Waals surface area (Å²) in [5.41, 5.74) is 3.26. The van der Waals surface area contributed by atoms with E-state index in [1.54, 1.807) is 74.6 Å². The number of hydrogen-bond donors (Lipinski definition) is 2. The van der Waals surface area contributed by atoms with Gasteiger partial charge in [-0.2, -0.15) is 8.42 Å². The second-order valence-electron chi connectivity index (χ2n) is 7.04. The zero-order valence-electron chi connectivity index (χ0n) is 18.8. The number of hydrogen-bond acceptors (Lipinski definition) is 6. The van der Waals surface area contributed by atoms with Crippen LogP contribution >= 0.6 is 0 Å².